The van der Waals surface area contributed by atoms with Crippen molar-refractivity contribution in [2.75, 3.05) is 0 Å². The average Bonchev–Trinajstić information content (AvgIpc) is 3.37. The molecule has 1 aliphatic rings. The van der Waals surface area contributed by atoms with Gasteiger partial charge in [-0.2, -0.15) is 0 Å². The molecule has 0 unspecified atom stereocenters. The number of thiophene rings is 1. The second kappa shape index (κ2) is 8.35. The predicted molar refractivity (Wildman–Crippen MR) is 162 cm³/mol. The molecule has 0 fully saturated rings. The third-order valence-electron chi connectivity index (χ3n) is 8.89. The van der Waals surface area contributed by atoms with Gasteiger partial charge in [0.25, 0.3) is 0 Å². The third-order valence-corrected chi connectivity index (χ3v) is 10.1. The van der Waals surface area contributed by atoms with Crippen molar-refractivity contribution >= 4 is 22.1 Å². The molecule has 2 nitrogen and oxygen atoms in total. The number of nitrogens with zero attached hydrogens (tertiary/aromatic N) is 2. The second-order valence-corrected chi connectivity index (χ2v) is 13.9. The smallest absolute Gasteiger partial charge is 0.135 e. The molecular weight excluding hydrogens is 480 g/mol. The van der Waals surface area contributed by atoms with Crippen LogP contribution in [0.5, 0.6) is 0 Å². The van der Waals surface area contributed by atoms with Gasteiger partial charge in [0.2, 0.25) is 5.69 Å². The molecule has 38 heavy (non-hydrogen) atoms. The summed E-state index contributed by atoms with van der Waals surface area (Å²) in [7, 11) is 0. The zero-order chi connectivity index (χ0) is 27.0. The van der Waals surface area contributed by atoms with Crippen LogP contribution in [0.3, 0.4) is 0 Å². The Kier molecular flexibility index (Phi) is 5.49. The lowest BCUT2D eigenvalue weighted by atomic mass is 9.63. The molecular formula is C35H37N2S+. The van der Waals surface area contributed by atoms with Gasteiger partial charge in [0.1, 0.15) is 5.69 Å². The van der Waals surface area contributed by atoms with Gasteiger partial charge in [-0.3, -0.25) is 0 Å². The van der Waals surface area contributed by atoms with E-state index >= 15 is 0 Å². The van der Waals surface area contributed by atoms with E-state index in [1.54, 1.807) is 0 Å². The Hall–Kier alpha value is -3.30. The highest BCUT2D eigenvalue weighted by Crippen LogP contribution is 2.51. The molecule has 0 radical (unpaired) electrons. The maximum Gasteiger partial charge on any atom is 0.240 e. The Labute approximate surface area is 231 Å². The zero-order valence-electron chi connectivity index (χ0n) is 23.8. The Morgan fingerprint density at radius 3 is 2.05 bits per heavy atom. The standard InChI is InChI=1S/C35H37N2S/c1-22-26(31-19-18-30(38-31)23-14-10-9-11-15-23)21-29-27-20-28(33(2,3)4)24-16-12-13-17-25(24)32(27)34(5,6)35(7,8)37(29)36-22/h9-21H,1-8H3/q+1. The molecule has 3 aromatic carbocycles. The first kappa shape index (κ1) is 25.0. The van der Waals surface area contributed by atoms with Gasteiger partial charge in [0.05, 0.1) is 11.0 Å². The molecule has 0 aliphatic carbocycles. The Morgan fingerprint density at radius 2 is 1.37 bits per heavy atom. The Morgan fingerprint density at radius 1 is 0.737 bits per heavy atom. The van der Waals surface area contributed by atoms with Gasteiger partial charge in [-0.15, -0.1) is 11.3 Å². The summed E-state index contributed by atoms with van der Waals surface area (Å²) in [5.41, 5.74) is 8.57. The highest BCUT2D eigenvalue weighted by atomic mass is 32.1. The minimum atomic E-state index is -0.213. The van der Waals surface area contributed by atoms with Crippen molar-refractivity contribution < 1.29 is 4.68 Å². The summed E-state index contributed by atoms with van der Waals surface area (Å²) in [4.78, 5) is 2.55. The topological polar surface area (TPSA) is 16.8 Å². The van der Waals surface area contributed by atoms with E-state index in [9.17, 15) is 0 Å². The number of rotatable bonds is 2. The van der Waals surface area contributed by atoms with Crippen LogP contribution in [0.2, 0.25) is 0 Å². The normalized spacial score (nSPS) is 15.8. The Bertz CT molecular complexity index is 1700. The molecule has 3 heteroatoms. The van der Waals surface area contributed by atoms with E-state index in [1.807, 2.05) is 11.3 Å². The number of hydrogen-bond donors (Lipinski definition) is 0. The molecule has 5 aromatic rings. The van der Waals surface area contributed by atoms with Crippen LogP contribution < -0.4 is 4.68 Å². The van der Waals surface area contributed by atoms with E-state index < -0.39 is 0 Å². The highest BCUT2D eigenvalue weighted by Gasteiger charge is 2.55. The van der Waals surface area contributed by atoms with E-state index in [0.717, 1.165) is 5.69 Å². The molecule has 0 saturated carbocycles. The summed E-state index contributed by atoms with van der Waals surface area (Å²) < 4.78 is 2.31. The molecule has 6 rings (SSSR count). The maximum atomic E-state index is 5.31. The number of aromatic nitrogens is 2. The molecule has 0 N–H and O–H groups in total. The van der Waals surface area contributed by atoms with Crippen molar-refractivity contribution in [3.8, 4) is 32.1 Å². The molecule has 3 heterocycles. The molecule has 0 spiro atoms. The number of fused-ring (bicyclic) bond motifs is 5. The number of aryl methyl sites for hydroxylation is 1. The summed E-state index contributed by atoms with van der Waals surface area (Å²) in [5.74, 6) is 0. The van der Waals surface area contributed by atoms with Gasteiger partial charge >= 0.3 is 0 Å². The summed E-state index contributed by atoms with van der Waals surface area (Å²) >= 11 is 1.85. The predicted octanol–water partition coefficient (Wildman–Crippen LogP) is 9.22. The third kappa shape index (κ3) is 3.59. The van der Waals surface area contributed by atoms with Crippen molar-refractivity contribution in [2.24, 2.45) is 0 Å². The first-order valence-corrected chi connectivity index (χ1v) is 14.4. The number of hydrogen-bond acceptors (Lipinski definition) is 2. The van der Waals surface area contributed by atoms with Crippen LogP contribution in [0.15, 0.2) is 78.9 Å². The zero-order valence-corrected chi connectivity index (χ0v) is 24.6. The maximum absolute atomic E-state index is 5.31. The molecule has 0 saturated heterocycles. The molecule has 1 aliphatic heterocycles. The quantitative estimate of drug-likeness (QED) is 0.213. The van der Waals surface area contributed by atoms with E-state index in [1.165, 1.54) is 54.0 Å². The van der Waals surface area contributed by atoms with Crippen LogP contribution >= 0.6 is 11.3 Å². The van der Waals surface area contributed by atoms with Crippen molar-refractivity contribution in [1.29, 1.82) is 0 Å². The summed E-state index contributed by atoms with van der Waals surface area (Å²) in [6, 6.07) is 29.0. The lowest BCUT2D eigenvalue weighted by molar-refractivity contribution is -0.810. The van der Waals surface area contributed by atoms with Crippen LogP contribution in [0.4, 0.5) is 0 Å². The van der Waals surface area contributed by atoms with Crippen molar-refractivity contribution in [1.82, 2.24) is 5.10 Å². The van der Waals surface area contributed by atoms with Gasteiger partial charge in [-0.05, 0) is 76.9 Å². The Balaban J connectivity index is 1.66. The van der Waals surface area contributed by atoms with E-state index in [4.69, 9.17) is 5.10 Å². The van der Waals surface area contributed by atoms with Crippen LogP contribution in [-0.2, 0) is 16.4 Å². The van der Waals surface area contributed by atoms with Gasteiger partial charge < -0.3 is 0 Å². The first-order chi connectivity index (χ1) is 17.9. The lowest BCUT2D eigenvalue weighted by Crippen LogP contribution is -2.67. The fraction of sp³-hybridized carbons (Fsp3) is 0.314. The van der Waals surface area contributed by atoms with Gasteiger partial charge in [0, 0.05) is 35.2 Å². The summed E-state index contributed by atoms with van der Waals surface area (Å²) in [6.45, 7) is 18.6. The first-order valence-electron chi connectivity index (χ1n) is 13.6. The summed E-state index contributed by atoms with van der Waals surface area (Å²) in [5, 5.41) is 8.04. The van der Waals surface area contributed by atoms with E-state index in [-0.39, 0.29) is 16.4 Å². The SMILES string of the molecule is Cc1n[n+]2c(cc1-c1ccc(-c3ccccc3)s1)-c1cc(C(C)(C)C)c3ccccc3c1C(C)(C)C2(C)C. The van der Waals surface area contributed by atoms with Gasteiger partial charge in [0.15, 0.2) is 5.54 Å². The van der Waals surface area contributed by atoms with E-state index in [2.05, 4.69) is 139 Å². The van der Waals surface area contributed by atoms with Crippen LogP contribution in [0.1, 0.15) is 65.3 Å². The summed E-state index contributed by atoms with van der Waals surface area (Å²) in [6.07, 6.45) is 0. The highest BCUT2D eigenvalue weighted by molar-refractivity contribution is 7.18. The minimum Gasteiger partial charge on any atom is -0.135 e. The average molecular weight is 518 g/mol. The second-order valence-electron chi connectivity index (χ2n) is 12.8. The largest absolute Gasteiger partial charge is 0.240 e. The van der Waals surface area contributed by atoms with Crippen LogP contribution in [0.25, 0.3) is 42.9 Å². The van der Waals surface area contributed by atoms with E-state index in [0.29, 0.717) is 0 Å². The van der Waals surface area contributed by atoms with Crippen molar-refractivity contribution in [2.45, 2.75) is 71.8 Å². The van der Waals surface area contributed by atoms with Gasteiger partial charge in [-0.25, -0.2) is 0 Å². The van der Waals surface area contributed by atoms with Crippen molar-refractivity contribution in [3.63, 3.8) is 0 Å². The molecule has 0 atom stereocenters. The molecule has 2 aromatic heterocycles. The van der Waals surface area contributed by atoms with Gasteiger partial charge in [-0.1, -0.05) is 80.1 Å². The van der Waals surface area contributed by atoms with Crippen LogP contribution in [-0.4, -0.2) is 5.10 Å². The fourth-order valence-electron chi connectivity index (χ4n) is 6.11. The monoisotopic (exact) mass is 517 g/mol. The molecule has 0 amide bonds. The fourth-order valence-corrected chi connectivity index (χ4v) is 7.19. The lowest BCUT2D eigenvalue weighted by Gasteiger charge is -2.42. The number of benzene rings is 3. The van der Waals surface area contributed by atoms with Crippen LogP contribution in [0, 0.1) is 6.92 Å². The molecule has 192 valence electrons. The molecule has 0 bridgehead atoms. The minimum absolute atomic E-state index is 0.0237. The van der Waals surface area contributed by atoms with Crippen molar-refractivity contribution in [3.05, 3.63) is 95.7 Å².